The molecule has 1 amide bonds. The van der Waals surface area contributed by atoms with E-state index < -0.39 is 15.9 Å². The number of ether oxygens (including phenoxy) is 1. The highest BCUT2D eigenvalue weighted by Gasteiger charge is 2.15. The number of hydrazine groups is 1. The third-order valence-corrected chi connectivity index (χ3v) is 4.29. The van der Waals surface area contributed by atoms with Crippen LogP contribution in [0.15, 0.2) is 53.4 Å². The van der Waals surface area contributed by atoms with Crippen molar-refractivity contribution in [3.05, 3.63) is 59.1 Å². The standard InChI is InChI=1S/C14H13ClN2O4S/c1-21-12-6-8-13(9-7-12)22(19,20)17-16-14(18)10-2-4-11(15)5-3-10/h2-9,17H,1H3,(H,16,18). The molecule has 2 rings (SSSR count). The molecule has 0 saturated heterocycles. The lowest BCUT2D eigenvalue weighted by Crippen LogP contribution is -2.41. The van der Waals surface area contributed by atoms with Gasteiger partial charge in [-0.2, -0.15) is 0 Å². The lowest BCUT2D eigenvalue weighted by Gasteiger charge is -2.09. The maximum Gasteiger partial charge on any atom is 0.266 e. The van der Waals surface area contributed by atoms with E-state index in [9.17, 15) is 13.2 Å². The molecule has 8 heteroatoms. The average molecular weight is 341 g/mol. The van der Waals surface area contributed by atoms with Crippen molar-refractivity contribution < 1.29 is 17.9 Å². The van der Waals surface area contributed by atoms with E-state index >= 15 is 0 Å². The highest BCUT2D eigenvalue weighted by atomic mass is 35.5. The van der Waals surface area contributed by atoms with Gasteiger partial charge in [-0.1, -0.05) is 11.6 Å². The van der Waals surface area contributed by atoms with Gasteiger partial charge in [0.15, 0.2) is 0 Å². The summed E-state index contributed by atoms with van der Waals surface area (Å²) >= 11 is 5.72. The van der Waals surface area contributed by atoms with Crippen molar-refractivity contribution in [2.75, 3.05) is 7.11 Å². The van der Waals surface area contributed by atoms with Crippen molar-refractivity contribution in [3.8, 4) is 5.75 Å². The van der Waals surface area contributed by atoms with Gasteiger partial charge in [0.25, 0.3) is 15.9 Å². The van der Waals surface area contributed by atoms with Gasteiger partial charge in [0.1, 0.15) is 5.75 Å². The van der Waals surface area contributed by atoms with E-state index in [-0.39, 0.29) is 10.5 Å². The first-order valence-electron chi connectivity index (χ1n) is 6.14. The van der Waals surface area contributed by atoms with Gasteiger partial charge in [0.05, 0.1) is 12.0 Å². The third kappa shape index (κ3) is 3.97. The summed E-state index contributed by atoms with van der Waals surface area (Å²) in [6.07, 6.45) is 0. The minimum absolute atomic E-state index is 0.00436. The second kappa shape index (κ2) is 6.78. The molecule has 22 heavy (non-hydrogen) atoms. The van der Waals surface area contributed by atoms with Crippen LogP contribution in [0.3, 0.4) is 0 Å². The molecule has 0 radical (unpaired) electrons. The summed E-state index contributed by atoms with van der Waals surface area (Å²) in [5.41, 5.74) is 2.41. The number of benzene rings is 2. The number of nitrogens with one attached hydrogen (secondary N) is 2. The Morgan fingerprint density at radius 1 is 1.05 bits per heavy atom. The Bertz CT molecular complexity index is 758. The lowest BCUT2D eigenvalue weighted by molar-refractivity contribution is 0.0945. The summed E-state index contributed by atoms with van der Waals surface area (Å²) in [6, 6.07) is 11.8. The molecule has 0 atom stereocenters. The zero-order chi connectivity index (χ0) is 16.2. The number of carbonyl (C=O) groups excluding carboxylic acids is 1. The number of carbonyl (C=O) groups is 1. The number of sulfonamides is 1. The minimum atomic E-state index is -3.86. The molecule has 2 aromatic rings. The van der Waals surface area contributed by atoms with Crippen molar-refractivity contribution in [1.29, 1.82) is 0 Å². The molecule has 0 spiro atoms. The highest BCUT2D eigenvalue weighted by molar-refractivity contribution is 7.89. The van der Waals surface area contributed by atoms with Crippen LogP contribution in [-0.4, -0.2) is 21.4 Å². The fourth-order valence-electron chi connectivity index (χ4n) is 1.60. The number of amides is 1. The molecule has 6 nitrogen and oxygen atoms in total. The summed E-state index contributed by atoms with van der Waals surface area (Å²) in [5, 5.41) is 0.482. The van der Waals surface area contributed by atoms with Crippen LogP contribution >= 0.6 is 11.6 Å². The summed E-state index contributed by atoms with van der Waals surface area (Å²) in [7, 11) is -2.38. The summed E-state index contributed by atoms with van der Waals surface area (Å²) in [6.45, 7) is 0. The molecule has 0 unspecified atom stereocenters. The molecule has 0 heterocycles. The third-order valence-electron chi connectivity index (χ3n) is 2.78. The SMILES string of the molecule is COc1ccc(S(=O)(=O)NNC(=O)c2ccc(Cl)cc2)cc1. The van der Waals surface area contributed by atoms with Crippen molar-refractivity contribution >= 4 is 27.5 Å². The number of hydrogen-bond donors (Lipinski definition) is 2. The monoisotopic (exact) mass is 340 g/mol. The van der Waals surface area contributed by atoms with Crippen molar-refractivity contribution in [3.63, 3.8) is 0 Å². The van der Waals surface area contributed by atoms with E-state index in [1.165, 1.54) is 55.6 Å². The quantitative estimate of drug-likeness (QED) is 0.815. The molecule has 0 aliphatic carbocycles. The summed E-state index contributed by atoms with van der Waals surface area (Å²) < 4.78 is 29.0. The Morgan fingerprint density at radius 2 is 1.64 bits per heavy atom. The van der Waals surface area contributed by atoms with Crippen molar-refractivity contribution in [2.45, 2.75) is 4.90 Å². The molecular formula is C14H13ClN2O4S. The zero-order valence-corrected chi connectivity index (χ0v) is 13.1. The lowest BCUT2D eigenvalue weighted by atomic mass is 10.2. The second-order valence-electron chi connectivity index (χ2n) is 4.24. The van der Waals surface area contributed by atoms with Crippen LogP contribution in [0.4, 0.5) is 0 Å². The predicted molar refractivity (Wildman–Crippen MR) is 82.2 cm³/mol. The van der Waals surface area contributed by atoms with Crippen molar-refractivity contribution in [2.24, 2.45) is 0 Å². The van der Waals surface area contributed by atoms with Crippen LogP contribution in [-0.2, 0) is 10.0 Å². The summed E-state index contributed by atoms with van der Waals surface area (Å²) in [4.78, 5) is 13.9. The molecule has 0 fully saturated rings. The van der Waals surface area contributed by atoms with Gasteiger partial charge in [-0.25, -0.2) is 8.42 Å². The minimum Gasteiger partial charge on any atom is -0.497 e. The van der Waals surface area contributed by atoms with Gasteiger partial charge in [-0.3, -0.25) is 10.2 Å². The highest BCUT2D eigenvalue weighted by Crippen LogP contribution is 2.15. The first-order valence-corrected chi connectivity index (χ1v) is 8.00. The topological polar surface area (TPSA) is 84.5 Å². The van der Waals surface area contributed by atoms with E-state index in [1.54, 1.807) is 0 Å². The van der Waals surface area contributed by atoms with Crippen LogP contribution in [0.1, 0.15) is 10.4 Å². The maximum absolute atomic E-state index is 12.0. The van der Waals surface area contributed by atoms with Crippen molar-refractivity contribution in [1.82, 2.24) is 10.3 Å². The van der Waals surface area contributed by atoms with Gasteiger partial charge in [-0.05, 0) is 48.5 Å². The molecule has 0 bridgehead atoms. The van der Waals surface area contributed by atoms with Gasteiger partial charge in [0.2, 0.25) is 0 Å². The van der Waals surface area contributed by atoms with Crippen LogP contribution in [0.25, 0.3) is 0 Å². The summed E-state index contributed by atoms with van der Waals surface area (Å²) in [5.74, 6) is -0.0575. The van der Waals surface area contributed by atoms with E-state index in [0.29, 0.717) is 10.8 Å². The largest absolute Gasteiger partial charge is 0.497 e. The first-order chi connectivity index (χ1) is 10.4. The first kappa shape index (κ1) is 16.3. The Kier molecular flexibility index (Phi) is 5.02. The molecule has 0 saturated carbocycles. The predicted octanol–water partition coefficient (Wildman–Crippen LogP) is 1.97. The second-order valence-corrected chi connectivity index (χ2v) is 6.36. The van der Waals surface area contributed by atoms with Gasteiger partial charge in [-0.15, -0.1) is 4.83 Å². The van der Waals surface area contributed by atoms with Gasteiger partial charge < -0.3 is 4.74 Å². The Balaban J connectivity index is 2.05. The van der Waals surface area contributed by atoms with Crippen LogP contribution < -0.4 is 15.0 Å². The Labute approximate surface area is 133 Å². The smallest absolute Gasteiger partial charge is 0.266 e. The van der Waals surface area contributed by atoms with Crippen LogP contribution in [0.2, 0.25) is 5.02 Å². The van der Waals surface area contributed by atoms with E-state index in [4.69, 9.17) is 16.3 Å². The zero-order valence-electron chi connectivity index (χ0n) is 11.5. The normalized spacial score (nSPS) is 11.0. The molecule has 2 aromatic carbocycles. The fourth-order valence-corrected chi connectivity index (χ4v) is 2.57. The Morgan fingerprint density at radius 3 is 2.18 bits per heavy atom. The fraction of sp³-hybridized carbons (Fsp3) is 0.0714. The van der Waals surface area contributed by atoms with Crippen LogP contribution in [0, 0.1) is 0 Å². The molecular weight excluding hydrogens is 328 g/mol. The molecule has 0 aliphatic rings. The maximum atomic E-state index is 12.0. The molecule has 2 N–H and O–H groups in total. The van der Waals surface area contributed by atoms with Crippen LogP contribution in [0.5, 0.6) is 5.75 Å². The molecule has 116 valence electrons. The molecule has 0 aromatic heterocycles. The van der Waals surface area contributed by atoms with Gasteiger partial charge >= 0.3 is 0 Å². The number of halogens is 1. The van der Waals surface area contributed by atoms with E-state index in [1.807, 2.05) is 4.83 Å². The van der Waals surface area contributed by atoms with Gasteiger partial charge in [0, 0.05) is 10.6 Å². The average Bonchev–Trinajstić information content (AvgIpc) is 2.53. The number of hydrogen-bond acceptors (Lipinski definition) is 4. The van der Waals surface area contributed by atoms with E-state index in [2.05, 4.69) is 5.43 Å². The number of methoxy groups -OCH3 is 1. The Hall–Kier alpha value is -2.09. The molecule has 0 aliphatic heterocycles. The number of rotatable bonds is 5. The van der Waals surface area contributed by atoms with E-state index in [0.717, 1.165) is 0 Å².